The van der Waals surface area contributed by atoms with Crippen LogP contribution in [0, 0.1) is 13.8 Å². The van der Waals surface area contributed by atoms with Gasteiger partial charge in [-0.15, -0.1) is 0 Å². The summed E-state index contributed by atoms with van der Waals surface area (Å²) in [6.45, 7) is 4.29. The van der Waals surface area contributed by atoms with E-state index < -0.39 is 0 Å². The molecule has 1 aromatic heterocycles. The van der Waals surface area contributed by atoms with Gasteiger partial charge < -0.3 is 4.57 Å². The van der Waals surface area contributed by atoms with Gasteiger partial charge in [-0.05, 0) is 47.5 Å². The highest BCUT2D eigenvalue weighted by molar-refractivity contribution is 6.14. The van der Waals surface area contributed by atoms with Crippen LogP contribution in [0.1, 0.15) is 39.3 Å². The molecule has 0 bridgehead atoms. The molecule has 0 spiro atoms. The minimum Gasteiger partial charge on any atom is -0.302 e. The van der Waals surface area contributed by atoms with Crippen LogP contribution in [-0.2, 0) is 6.42 Å². The molecule has 0 aliphatic carbocycles. The van der Waals surface area contributed by atoms with Crippen molar-refractivity contribution in [2.24, 2.45) is 0 Å². The molecule has 0 N–H and O–H groups in total. The monoisotopic (exact) mass is 442 g/mol. The van der Waals surface area contributed by atoms with Gasteiger partial charge in [-0.25, -0.2) is 4.98 Å². The van der Waals surface area contributed by atoms with Gasteiger partial charge in [0.05, 0.1) is 12.0 Å². The van der Waals surface area contributed by atoms with E-state index in [9.17, 15) is 0 Å². The fourth-order valence-electron chi connectivity index (χ4n) is 4.32. The van der Waals surface area contributed by atoms with Crippen LogP contribution in [0.2, 0.25) is 0 Å². The highest BCUT2D eigenvalue weighted by Gasteiger charge is 2.10. The van der Waals surface area contributed by atoms with E-state index in [1.165, 1.54) is 39.2 Å². The van der Waals surface area contributed by atoms with Crippen LogP contribution in [0.25, 0.3) is 5.69 Å². The Morgan fingerprint density at radius 1 is 0.676 bits per heavy atom. The second kappa shape index (κ2) is 11.3. The predicted molar refractivity (Wildman–Crippen MR) is 146 cm³/mol. The number of nitrogens with zero attached hydrogens (tertiary/aromatic N) is 2. The highest BCUT2D eigenvalue weighted by atomic mass is 15.1. The first-order valence-corrected chi connectivity index (χ1v) is 11.8. The fourth-order valence-corrected chi connectivity index (χ4v) is 4.32. The third kappa shape index (κ3) is 5.74. The van der Waals surface area contributed by atoms with E-state index in [2.05, 4.69) is 134 Å². The summed E-state index contributed by atoms with van der Waals surface area (Å²) in [6.07, 6.45) is 4.76. The number of hydrogen-bond donors (Lipinski definition) is 0. The number of benzene rings is 4. The van der Waals surface area contributed by atoms with E-state index in [0.29, 0.717) is 5.82 Å². The van der Waals surface area contributed by atoms with Gasteiger partial charge in [-0.3, -0.25) is 0 Å². The summed E-state index contributed by atoms with van der Waals surface area (Å²) in [7, 11) is 2.24. The third-order valence-corrected chi connectivity index (χ3v) is 6.22. The average Bonchev–Trinajstić information content (AvgIpc) is 3.33. The molecule has 168 valence electrons. The smallest absolute Gasteiger partial charge is 0.116 e. The summed E-state index contributed by atoms with van der Waals surface area (Å²) >= 11 is 0. The Balaban J connectivity index is 0.000000172. The van der Waals surface area contributed by atoms with Gasteiger partial charge in [-0.2, -0.15) is 0 Å². The van der Waals surface area contributed by atoms with Crippen molar-refractivity contribution in [3.8, 4) is 5.69 Å². The van der Waals surface area contributed by atoms with Gasteiger partial charge in [-0.1, -0.05) is 109 Å². The summed E-state index contributed by atoms with van der Waals surface area (Å²) < 4.78 is 2.21. The molecule has 0 aliphatic heterocycles. The molecule has 34 heavy (non-hydrogen) atoms. The number of aromatic nitrogens is 2. The molecule has 0 aliphatic rings. The van der Waals surface area contributed by atoms with Crippen molar-refractivity contribution in [2.45, 2.75) is 26.1 Å². The third-order valence-electron chi connectivity index (χ3n) is 6.22. The lowest BCUT2D eigenvalue weighted by molar-refractivity contribution is 0.936. The highest BCUT2D eigenvalue weighted by Crippen LogP contribution is 2.22. The Kier molecular flexibility index (Phi) is 7.77. The van der Waals surface area contributed by atoms with Crippen LogP contribution in [0.15, 0.2) is 122 Å². The molecule has 5 aromatic rings. The molecule has 2 nitrogen and oxygen atoms in total. The molecule has 0 atom stereocenters. The summed E-state index contributed by atoms with van der Waals surface area (Å²) in [5.74, 6) is 0.484. The Labute approximate surface area is 204 Å². The fraction of sp³-hybridized carbons (Fsp3) is 0.129. The van der Waals surface area contributed by atoms with Gasteiger partial charge >= 0.3 is 0 Å². The summed E-state index contributed by atoms with van der Waals surface area (Å²) in [6, 6.07) is 38.1. The maximum atomic E-state index is 4.34. The van der Waals surface area contributed by atoms with Crippen molar-refractivity contribution in [1.29, 1.82) is 0 Å². The van der Waals surface area contributed by atoms with Gasteiger partial charge in [0, 0.05) is 18.3 Å². The van der Waals surface area contributed by atoms with E-state index >= 15 is 0 Å². The standard InChI is InChI=1S/C18H18N2.C13H13B/c1-14-7-6-8-15(2)18(14)20-13-19-12-17(20)11-16-9-4-3-5-10-16;14-13(11-7-3-1-4-8-11)12-9-5-2-6-10-12/h3-10,12-13H,11H2,1-2H3;1-10,13H,14H2. The van der Waals surface area contributed by atoms with Crippen molar-refractivity contribution in [3.63, 3.8) is 0 Å². The molecule has 0 saturated carbocycles. The lowest BCUT2D eigenvalue weighted by atomic mass is 9.76. The number of aryl methyl sites for hydroxylation is 2. The first-order chi connectivity index (χ1) is 16.6. The molecule has 0 unspecified atom stereocenters. The Morgan fingerprint density at radius 2 is 1.18 bits per heavy atom. The van der Waals surface area contributed by atoms with Crippen molar-refractivity contribution in [2.75, 3.05) is 0 Å². The topological polar surface area (TPSA) is 17.8 Å². The number of rotatable bonds is 5. The Hall–Kier alpha value is -3.85. The normalized spacial score (nSPS) is 10.6. The Morgan fingerprint density at radius 3 is 1.71 bits per heavy atom. The summed E-state index contributed by atoms with van der Waals surface area (Å²) in [5.41, 5.74) is 9.07. The van der Waals surface area contributed by atoms with Crippen molar-refractivity contribution in [1.82, 2.24) is 9.55 Å². The molecule has 5 rings (SSSR count). The molecule has 3 heteroatoms. The minimum atomic E-state index is 0.484. The van der Waals surface area contributed by atoms with Crippen LogP contribution < -0.4 is 0 Å². The van der Waals surface area contributed by atoms with Crippen LogP contribution in [0.5, 0.6) is 0 Å². The lowest BCUT2D eigenvalue weighted by Crippen LogP contribution is -2.03. The first-order valence-electron chi connectivity index (χ1n) is 11.8. The van der Waals surface area contributed by atoms with Crippen molar-refractivity contribution < 1.29 is 0 Å². The second-order valence-electron chi connectivity index (χ2n) is 8.70. The SMILES string of the molecule is BC(c1ccccc1)c1ccccc1.Cc1cccc(C)c1-n1cncc1Cc1ccccc1. The zero-order valence-corrected chi connectivity index (χ0v) is 20.2. The molecule has 1 heterocycles. The van der Waals surface area contributed by atoms with E-state index in [4.69, 9.17) is 0 Å². The van der Waals surface area contributed by atoms with E-state index in [-0.39, 0.29) is 0 Å². The summed E-state index contributed by atoms with van der Waals surface area (Å²) in [4.78, 5) is 4.34. The van der Waals surface area contributed by atoms with Crippen molar-refractivity contribution in [3.05, 3.63) is 155 Å². The molecule has 4 aromatic carbocycles. The van der Waals surface area contributed by atoms with E-state index in [1.807, 2.05) is 18.6 Å². The number of para-hydroxylation sites is 1. The zero-order chi connectivity index (χ0) is 23.8. The summed E-state index contributed by atoms with van der Waals surface area (Å²) in [5, 5.41) is 0. The van der Waals surface area contributed by atoms with Crippen molar-refractivity contribution >= 4 is 7.85 Å². The number of imidazole rings is 1. The minimum absolute atomic E-state index is 0.484. The average molecular weight is 442 g/mol. The van der Waals surface area contributed by atoms with E-state index in [0.717, 1.165) is 6.42 Å². The lowest BCUT2D eigenvalue weighted by Gasteiger charge is -2.14. The van der Waals surface area contributed by atoms with E-state index in [1.54, 1.807) is 0 Å². The zero-order valence-electron chi connectivity index (χ0n) is 20.2. The maximum Gasteiger partial charge on any atom is 0.116 e. The Bertz CT molecular complexity index is 1240. The van der Waals surface area contributed by atoms with Gasteiger partial charge in [0.1, 0.15) is 7.85 Å². The predicted octanol–water partition coefficient (Wildman–Crippen LogP) is 6.49. The molecule has 0 fully saturated rings. The molecule has 0 amide bonds. The van der Waals surface area contributed by atoms with Crippen LogP contribution in [0.4, 0.5) is 0 Å². The molecular formula is C31H31BN2. The first kappa shape index (κ1) is 23.3. The van der Waals surface area contributed by atoms with Gasteiger partial charge in [0.15, 0.2) is 0 Å². The van der Waals surface area contributed by atoms with Gasteiger partial charge in [0.2, 0.25) is 0 Å². The largest absolute Gasteiger partial charge is 0.302 e. The molecule has 0 radical (unpaired) electrons. The molecular weight excluding hydrogens is 411 g/mol. The second-order valence-corrected chi connectivity index (χ2v) is 8.70. The quantitative estimate of drug-likeness (QED) is 0.285. The van der Waals surface area contributed by atoms with Gasteiger partial charge in [0.25, 0.3) is 0 Å². The molecule has 0 saturated heterocycles. The van der Waals surface area contributed by atoms with Crippen LogP contribution in [-0.4, -0.2) is 17.4 Å². The number of hydrogen-bond acceptors (Lipinski definition) is 1. The maximum absolute atomic E-state index is 4.34. The van der Waals surface area contributed by atoms with Crippen LogP contribution in [0.3, 0.4) is 0 Å². The van der Waals surface area contributed by atoms with Crippen LogP contribution >= 0.6 is 0 Å².